The van der Waals surface area contributed by atoms with Gasteiger partial charge >= 0.3 is 5.97 Å². The Labute approximate surface area is 153 Å². The van der Waals surface area contributed by atoms with Crippen molar-refractivity contribution >= 4 is 11.9 Å². The van der Waals surface area contributed by atoms with E-state index in [1.165, 1.54) is 63.4 Å². The standard InChI is InChI=1S/C21H35NO3/c1-2-25-21(24)14-16-22(15-13-18-9-5-3-6-10-18)20(23)17-19-11-7-4-8-12-19/h9,19H,2-8,10-17H2,1H3. The Morgan fingerprint density at radius 1 is 1.12 bits per heavy atom. The molecule has 2 aliphatic carbocycles. The molecular weight excluding hydrogens is 314 g/mol. The molecule has 25 heavy (non-hydrogen) atoms. The Bertz CT molecular complexity index is 452. The zero-order valence-electron chi connectivity index (χ0n) is 15.9. The van der Waals surface area contributed by atoms with Gasteiger partial charge in [-0.2, -0.15) is 0 Å². The summed E-state index contributed by atoms with van der Waals surface area (Å²) in [5.74, 6) is 0.572. The first-order valence-corrected chi connectivity index (χ1v) is 10.3. The average Bonchev–Trinajstić information content (AvgIpc) is 2.63. The molecule has 0 saturated heterocycles. The Hall–Kier alpha value is -1.32. The van der Waals surface area contributed by atoms with Gasteiger partial charge in [0.15, 0.2) is 0 Å². The number of rotatable bonds is 9. The van der Waals surface area contributed by atoms with Gasteiger partial charge in [-0.25, -0.2) is 0 Å². The largest absolute Gasteiger partial charge is 0.466 e. The van der Waals surface area contributed by atoms with E-state index in [9.17, 15) is 9.59 Å². The summed E-state index contributed by atoms with van der Waals surface area (Å²) in [6, 6.07) is 0. The molecule has 0 atom stereocenters. The van der Waals surface area contributed by atoms with E-state index in [0.29, 0.717) is 31.9 Å². The van der Waals surface area contributed by atoms with Gasteiger partial charge < -0.3 is 9.64 Å². The third-order valence-corrected chi connectivity index (χ3v) is 5.52. The van der Waals surface area contributed by atoms with E-state index in [1.807, 2.05) is 11.8 Å². The van der Waals surface area contributed by atoms with Crippen LogP contribution in [0.5, 0.6) is 0 Å². The molecule has 0 aromatic heterocycles. The molecule has 0 spiro atoms. The number of allylic oxidation sites excluding steroid dienone is 1. The third kappa shape index (κ3) is 7.62. The molecule has 0 unspecified atom stereocenters. The third-order valence-electron chi connectivity index (χ3n) is 5.52. The summed E-state index contributed by atoms with van der Waals surface area (Å²) in [7, 11) is 0. The van der Waals surface area contributed by atoms with Crippen molar-refractivity contribution in [2.45, 2.75) is 84.0 Å². The maximum atomic E-state index is 12.8. The lowest BCUT2D eigenvalue weighted by Gasteiger charge is -2.27. The summed E-state index contributed by atoms with van der Waals surface area (Å²) < 4.78 is 5.03. The Morgan fingerprint density at radius 3 is 2.60 bits per heavy atom. The maximum absolute atomic E-state index is 12.8. The van der Waals surface area contributed by atoms with Gasteiger partial charge in [-0.05, 0) is 57.8 Å². The second-order valence-electron chi connectivity index (χ2n) is 7.50. The van der Waals surface area contributed by atoms with Gasteiger partial charge in [-0.3, -0.25) is 9.59 Å². The van der Waals surface area contributed by atoms with Crippen LogP contribution in [0.1, 0.15) is 84.0 Å². The van der Waals surface area contributed by atoms with Gasteiger partial charge in [-0.1, -0.05) is 30.9 Å². The molecule has 1 amide bonds. The first-order chi connectivity index (χ1) is 12.2. The zero-order valence-corrected chi connectivity index (χ0v) is 15.9. The lowest BCUT2D eigenvalue weighted by Crippen LogP contribution is -2.35. The number of carbonyl (C=O) groups excluding carboxylic acids is 2. The molecule has 0 radical (unpaired) electrons. The van der Waals surface area contributed by atoms with Gasteiger partial charge in [0.1, 0.15) is 0 Å². The quantitative estimate of drug-likeness (QED) is 0.450. The Morgan fingerprint density at radius 2 is 1.92 bits per heavy atom. The van der Waals surface area contributed by atoms with Crippen LogP contribution >= 0.6 is 0 Å². The Kier molecular flexibility index (Phi) is 9.06. The molecule has 0 aliphatic heterocycles. The van der Waals surface area contributed by atoms with E-state index in [1.54, 1.807) is 0 Å². The number of hydrogen-bond donors (Lipinski definition) is 0. The summed E-state index contributed by atoms with van der Waals surface area (Å²) in [5, 5.41) is 0. The number of carbonyl (C=O) groups is 2. The predicted molar refractivity (Wildman–Crippen MR) is 100 cm³/mol. The van der Waals surface area contributed by atoms with Crippen molar-refractivity contribution in [3.05, 3.63) is 11.6 Å². The SMILES string of the molecule is CCOC(=O)CCN(CCC1=CCCCC1)C(=O)CC1CCCCC1. The van der Waals surface area contributed by atoms with Crippen LogP contribution in [-0.2, 0) is 14.3 Å². The van der Waals surface area contributed by atoms with Crippen LogP contribution in [0.2, 0.25) is 0 Å². The molecule has 0 N–H and O–H groups in total. The molecule has 0 bridgehead atoms. The first-order valence-electron chi connectivity index (χ1n) is 10.3. The van der Waals surface area contributed by atoms with Crippen molar-refractivity contribution in [2.24, 2.45) is 5.92 Å². The van der Waals surface area contributed by atoms with Gasteiger partial charge in [0.05, 0.1) is 13.0 Å². The highest BCUT2D eigenvalue weighted by Gasteiger charge is 2.22. The van der Waals surface area contributed by atoms with E-state index in [-0.39, 0.29) is 11.9 Å². The van der Waals surface area contributed by atoms with Crippen molar-refractivity contribution < 1.29 is 14.3 Å². The maximum Gasteiger partial charge on any atom is 0.307 e. The van der Waals surface area contributed by atoms with Crippen molar-refractivity contribution in [3.8, 4) is 0 Å². The number of nitrogens with zero attached hydrogens (tertiary/aromatic N) is 1. The highest BCUT2D eigenvalue weighted by molar-refractivity contribution is 5.77. The van der Waals surface area contributed by atoms with E-state index in [4.69, 9.17) is 4.74 Å². The fourth-order valence-corrected chi connectivity index (χ4v) is 4.00. The van der Waals surface area contributed by atoms with Crippen LogP contribution in [0.25, 0.3) is 0 Å². The molecule has 0 heterocycles. The smallest absolute Gasteiger partial charge is 0.307 e. The monoisotopic (exact) mass is 349 g/mol. The summed E-state index contributed by atoms with van der Waals surface area (Å²) in [6.45, 7) is 3.47. The molecule has 1 fully saturated rings. The molecule has 1 saturated carbocycles. The molecule has 2 rings (SSSR count). The van der Waals surface area contributed by atoms with Crippen LogP contribution in [-0.4, -0.2) is 36.5 Å². The van der Waals surface area contributed by atoms with Gasteiger partial charge in [0.25, 0.3) is 0 Å². The highest BCUT2D eigenvalue weighted by Crippen LogP contribution is 2.27. The minimum absolute atomic E-state index is 0.199. The second-order valence-corrected chi connectivity index (χ2v) is 7.50. The Balaban J connectivity index is 1.85. The van der Waals surface area contributed by atoms with Crippen molar-refractivity contribution in [1.29, 1.82) is 0 Å². The molecular formula is C21H35NO3. The normalized spacial score (nSPS) is 18.5. The number of hydrogen-bond acceptors (Lipinski definition) is 3. The number of esters is 1. The predicted octanol–water partition coefficient (Wildman–Crippen LogP) is 4.63. The fourth-order valence-electron chi connectivity index (χ4n) is 4.00. The van der Waals surface area contributed by atoms with Crippen molar-refractivity contribution in [3.63, 3.8) is 0 Å². The molecule has 4 nitrogen and oxygen atoms in total. The minimum Gasteiger partial charge on any atom is -0.466 e. The van der Waals surface area contributed by atoms with Gasteiger partial charge in [-0.15, -0.1) is 0 Å². The number of amides is 1. The fraction of sp³-hybridized carbons (Fsp3) is 0.810. The summed E-state index contributed by atoms with van der Waals surface area (Å²) in [4.78, 5) is 26.4. The number of ether oxygens (including phenoxy) is 1. The lowest BCUT2D eigenvalue weighted by atomic mass is 9.86. The first kappa shape index (κ1) is 20.0. The van der Waals surface area contributed by atoms with E-state index < -0.39 is 0 Å². The van der Waals surface area contributed by atoms with Crippen LogP contribution in [0.15, 0.2) is 11.6 Å². The van der Waals surface area contributed by atoms with Crippen LogP contribution in [0, 0.1) is 5.92 Å². The minimum atomic E-state index is -0.199. The van der Waals surface area contributed by atoms with Crippen molar-refractivity contribution in [1.82, 2.24) is 4.90 Å². The van der Waals surface area contributed by atoms with Crippen LogP contribution in [0.4, 0.5) is 0 Å². The molecule has 142 valence electrons. The van der Waals surface area contributed by atoms with Crippen LogP contribution < -0.4 is 0 Å². The van der Waals surface area contributed by atoms with Gasteiger partial charge in [0, 0.05) is 19.5 Å². The summed E-state index contributed by atoms with van der Waals surface area (Å²) in [6.07, 6.45) is 15.4. The topological polar surface area (TPSA) is 46.6 Å². The van der Waals surface area contributed by atoms with E-state index >= 15 is 0 Å². The van der Waals surface area contributed by atoms with Crippen LogP contribution in [0.3, 0.4) is 0 Å². The van der Waals surface area contributed by atoms with Gasteiger partial charge in [0.2, 0.25) is 5.91 Å². The molecule has 0 aromatic carbocycles. The second kappa shape index (κ2) is 11.3. The molecule has 2 aliphatic rings. The van der Waals surface area contributed by atoms with E-state index in [2.05, 4.69) is 6.08 Å². The summed E-state index contributed by atoms with van der Waals surface area (Å²) in [5.41, 5.74) is 1.48. The lowest BCUT2D eigenvalue weighted by molar-refractivity contribution is -0.144. The average molecular weight is 350 g/mol. The van der Waals surface area contributed by atoms with E-state index in [0.717, 1.165) is 13.0 Å². The zero-order chi connectivity index (χ0) is 17.9. The molecule has 0 aromatic rings. The highest BCUT2D eigenvalue weighted by atomic mass is 16.5. The molecule has 4 heteroatoms. The van der Waals surface area contributed by atoms with Crippen molar-refractivity contribution in [2.75, 3.05) is 19.7 Å². The summed E-state index contributed by atoms with van der Waals surface area (Å²) >= 11 is 0.